The van der Waals surface area contributed by atoms with Gasteiger partial charge in [0, 0.05) is 13.2 Å². The molecular weight excluding hydrogens is 242 g/mol. The average Bonchev–Trinajstić information content (AvgIpc) is 2.97. The molecule has 0 amide bonds. The molecular formula is C12H15N7. The Balaban J connectivity index is 1.97. The molecule has 0 bridgehead atoms. The van der Waals surface area contributed by atoms with Crippen molar-refractivity contribution in [3.63, 3.8) is 0 Å². The van der Waals surface area contributed by atoms with Crippen molar-refractivity contribution >= 4 is 16.9 Å². The van der Waals surface area contributed by atoms with Gasteiger partial charge in [0.2, 0.25) is 0 Å². The van der Waals surface area contributed by atoms with E-state index in [4.69, 9.17) is 0 Å². The summed E-state index contributed by atoms with van der Waals surface area (Å²) in [7, 11) is 1.87. The zero-order chi connectivity index (χ0) is 13.4. The second-order valence-electron chi connectivity index (χ2n) is 4.51. The van der Waals surface area contributed by atoms with Gasteiger partial charge in [-0.15, -0.1) is 5.10 Å². The Hall–Kier alpha value is -2.44. The van der Waals surface area contributed by atoms with Gasteiger partial charge >= 0.3 is 0 Å². The Morgan fingerprint density at radius 1 is 1.37 bits per heavy atom. The molecule has 19 heavy (non-hydrogen) atoms. The smallest absolute Gasteiger partial charge is 0.143 e. The van der Waals surface area contributed by atoms with Crippen LogP contribution in [-0.2, 0) is 7.05 Å². The highest BCUT2D eigenvalue weighted by Gasteiger charge is 2.13. The zero-order valence-corrected chi connectivity index (χ0v) is 11.0. The maximum atomic E-state index is 4.46. The second kappa shape index (κ2) is 4.34. The van der Waals surface area contributed by atoms with E-state index in [9.17, 15) is 0 Å². The molecule has 0 aromatic carbocycles. The van der Waals surface area contributed by atoms with E-state index >= 15 is 0 Å². The molecule has 0 radical (unpaired) electrons. The molecule has 0 unspecified atom stereocenters. The minimum Gasteiger partial charge on any atom is -0.361 e. The standard InChI is InChI=1S/C12H15N7/c1-7(10-6-14-18-19(10)3)15-12-9-4-5-13-11(9)16-8(2)17-12/h4-7H,1-3H3,(H2,13,15,16,17)/t7-/m1/s1. The number of aryl methyl sites for hydroxylation is 2. The van der Waals surface area contributed by atoms with Gasteiger partial charge < -0.3 is 10.3 Å². The quantitative estimate of drug-likeness (QED) is 0.744. The predicted molar refractivity (Wildman–Crippen MR) is 71.7 cm³/mol. The molecule has 0 saturated carbocycles. The zero-order valence-electron chi connectivity index (χ0n) is 11.0. The SMILES string of the molecule is Cc1nc(N[C@H](C)c2cnnn2C)c2cc[nH]c2n1. The maximum Gasteiger partial charge on any atom is 0.143 e. The van der Waals surface area contributed by atoms with Crippen LogP contribution in [0.15, 0.2) is 18.5 Å². The Labute approximate surface area is 110 Å². The molecule has 0 aliphatic heterocycles. The lowest BCUT2D eigenvalue weighted by Gasteiger charge is -2.15. The molecule has 3 rings (SSSR count). The van der Waals surface area contributed by atoms with Crippen molar-refractivity contribution < 1.29 is 0 Å². The van der Waals surface area contributed by atoms with Gasteiger partial charge in [-0.1, -0.05) is 5.21 Å². The minimum absolute atomic E-state index is 0.0624. The summed E-state index contributed by atoms with van der Waals surface area (Å²) in [6.45, 7) is 3.93. The van der Waals surface area contributed by atoms with Crippen molar-refractivity contribution in [3.8, 4) is 0 Å². The lowest BCUT2D eigenvalue weighted by Crippen LogP contribution is -2.13. The van der Waals surface area contributed by atoms with E-state index in [-0.39, 0.29) is 6.04 Å². The summed E-state index contributed by atoms with van der Waals surface area (Å²) in [5.74, 6) is 1.55. The fourth-order valence-corrected chi connectivity index (χ4v) is 2.13. The number of hydrogen-bond acceptors (Lipinski definition) is 5. The van der Waals surface area contributed by atoms with E-state index in [0.29, 0.717) is 0 Å². The topological polar surface area (TPSA) is 84.3 Å². The summed E-state index contributed by atoms with van der Waals surface area (Å²) in [6, 6.07) is 2.03. The number of hydrogen-bond donors (Lipinski definition) is 2. The Morgan fingerprint density at radius 3 is 2.95 bits per heavy atom. The lowest BCUT2D eigenvalue weighted by molar-refractivity contribution is 0.652. The maximum absolute atomic E-state index is 4.46. The highest BCUT2D eigenvalue weighted by Crippen LogP contribution is 2.23. The normalized spacial score (nSPS) is 12.8. The van der Waals surface area contributed by atoms with Gasteiger partial charge in [-0.3, -0.25) is 4.68 Å². The molecule has 1 atom stereocenters. The molecule has 0 saturated heterocycles. The molecule has 7 heteroatoms. The minimum atomic E-state index is 0.0624. The van der Waals surface area contributed by atoms with Crippen molar-refractivity contribution in [1.29, 1.82) is 0 Å². The third-order valence-electron chi connectivity index (χ3n) is 3.07. The molecule has 3 heterocycles. The number of fused-ring (bicyclic) bond motifs is 1. The highest BCUT2D eigenvalue weighted by molar-refractivity contribution is 5.87. The number of anilines is 1. The average molecular weight is 257 g/mol. The molecule has 3 aromatic rings. The molecule has 0 aliphatic carbocycles. The van der Waals surface area contributed by atoms with Crippen LogP contribution in [-0.4, -0.2) is 29.9 Å². The molecule has 0 aliphatic rings. The van der Waals surface area contributed by atoms with Crippen molar-refractivity contribution in [2.45, 2.75) is 19.9 Å². The monoisotopic (exact) mass is 257 g/mol. The van der Waals surface area contributed by atoms with E-state index < -0.39 is 0 Å². The molecule has 0 fully saturated rings. The fourth-order valence-electron chi connectivity index (χ4n) is 2.13. The first-order chi connectivity index (χ1) is 9.15. The molecule has 3 aromatic heterocycles. The van der Waals surface area contributed by atoms with Crippen LogP contribution in [0.2, 0.25) is 0 Å². The Bertz CT molecular complexity index is 712. The first-order valence-electron chi connectivity index (χ1n) is 6.08. The molecule has 98 valence electrons. The second-order valence-corrected chi connectivity index (χ2v) is 4.51. The van der Waals surface area contributed by atoms with Crippen LogP contribution in [0.1, 0.15) is 24.5 Å². The largest absolute Gasteiger partial charge is 0.361 e. The van der Waals surface area contributed by atoms with Crippen LogP contribution in [0.4, 0.5) is 5.82 Å². The summed E-state index contributed by atoms with van der Waals surface area (Å²) < 4.78 is 1.75. The third-order valence-corrected chi connectivity index (χ3v) is 3.07. The number of aromatic amines is 1. The van der Waals surface area contributed by atoms with Gasteiger partial charge in [0.05, 0.1) is 23.3 Å². The van der Waals surface area contributed by atoms with E-state index in [2.05, 4.69) is 37.5 Å². The summed E-state index contributed by atoms with van der Waals surface area (Å²) in [4.78, 5) is 11.9. The van der Waals surface area contributed by atoms with Crippen molar-refractivity contribution in [2.75, 3.05) is 5.32 Å². The molecule has 7 nitrogen and oxygen atoms in total. The molecule has 0 spiro atoms. The van der Waals surface area contributed by atoms with Gasteiger partial charge in [0.15, 0.2) is 0 Å². The number of rotatable bonds is 3. The lowest BCUT2D eigenvalue weighted by atomic mass is 10.2. The fraction of sp³-hybridized carbons (Fsp3) is 0.333. The van der Waals surface area contributed by atoms with Crippen molar-refractivity contribution in [1.82, 2.24) is 29.9 Å². The van der Waals surface area contributed by atoms with Crippen LogP contribution in [0.5, 0.6) is 0 Å². The van der Waals surface area contributed by atoms with E-state index in [1.54, 1.807) is 10.9 Å². The third kappa shape index (κ3) is 2.03. The van der Waals surface area contributed by atoms with Gasteiger partial charge in [0.1, 0.15) is 17.3 Å². The first-order valence-corrected chi connectivity index (χ1v) is 6.08. The summed E-state index contributed by atoms with van der Waals surface area (Å²) in [5.41, 5.74) is 1.84. The Morgan fingerprint density at radius 2 is 2.21 bits per heavy atom. The van der Waals surface area contributed by atoms with Crippen molar-refractivity contribution in [2.24, 2.45) is 7.05 Å². The van der Waals surface area contributed by atoms with Gasteiger partial charge in [-0.05, 0) is 19.9 Å². The number of aromatic nitrogens is 6. The van der Waals surface area contributed by atoms with Crippen LogP contribution >= 0.6 is 0 Å². The first kappa shape index (κ1) is 11.6. The van der Waals surface area contributed by atoms with Crippen LogP contribution in [0, 0.1) is 6.92 Å². The summed E-state index contributed by atoms with van der Waals surface area (Å²) >= 11 is 0. The van der Waals surface area contributed by atoms with E-state index in [1.807, 2.05) is 26.2 Å². The van der Waals surface area contributed by atoms with Crippen LogP contribution in [0.25, 0.3) is 11.0 Å². The van der Waals surface area contributed by atoms with E-state index in [1.165, 1.54) is 0 Å². The van der Waals surface area contributed by atoms with Gasteiger partial charge in [0.25, 0.3) is 0 Å². The van der Waals surface area contributed by atoms with Crippen molar-refractivity contribution in [3.05, 3.63) is 30.0 Å². The highest BCUT2D eigenvalue weighted by atomic mass is 15.4. The van der Waals surface area contributed by atoms with Crippen LogP contribution < -0.4 is 5.32 Å². The van der Waals surface area contributed by atoms with E-state index in [0.717, 1.165) is 28.4 Å². The predicted octanol–water partition coefficient (Wildman–Crippen LogP) is 1.57. The number of nitrogens with one attached hydrogen (secondary N) is 2. The van der Waals surface area contributed by atoms with Gasteiger partial charge in [-0.2, -0.15) is 0 Å². The summed E-state index contributed by atoms with van der Waals surface area (Å²) in [6.07, 6.45) is 3.61. The van der Waals surface area contributed by atoms with Crippen LogP contribution in [0.3, 0.4) is 0 Å². The number of H-pyrrole nitrogens is 1. The van der Waals surface area contributed by atoms with Gasteiger partial charge in [-0.25, -0.2) is 9.97 Å². The summed E-state index contributed by atoms with van der Waals surface area (Å²) in [5, 5.41) is 12.2. The number of nitrogens with zero attached hydrogens (tertiary/aromatic N) is 5. The molecule has 2 N–H and O–H groups in total. The Kier molecular flexibility index (Phi) is 2.66.